The van der Waals surface area contributed by atoms with Gasteiger partial charge in [-0.2, -0.15) is 0 Å². The van der Waals surface area contributed by atoms with Crippen LogP contribution in [0.2, 0.25) is 0 Å². The van der Waals surface area contributed by atoms with Crippen molar-refractivity contribution in [1.29, 1.82) is 0 Å². The maximum Gasteiger partial charge on any atom is 0.138 e. The van der Waals surface area contributed by atoms with Crippen LogP contribution in [0.3, 0.4) is 0 Å². The Kier molecular flexibility index (Phi) is 6.65. The maximum atomic E-state index is 5.60. The molecule has 1 aliphatic rings. The first-order valence-electron chi connectivity index (χ1n) is 19.7. The van der Waals surface area contributed by atoms with Gasteiger partial charge in [0.15, 0.2) is 0 Å². The Hall–Kier alpha value is -7.30. The molecule has 7 aromatic carbocycles. The van der Waals surface area contributed by atoms with E-state index in [9.17, 15) is 0 Å². The van der Waals surface area contributed by atoms with Gasteiger partial charge < -0.3 is 0 Å². The van der Waals surface area contributed by atoms with Gasteiger partial charge in [0.25, 0.3) is 0 Å². The minimum atomic E-state index is -0.104. The van der Waals surface area contributed by atoms with Crippen LogP contribution in [-0.2, 0) is 5.41 Å². The molecule has 4 heterocycles. The second-order valence-corrected chi connectivity index (χ2v) is 15.8. The molecule has 11 aromatic rings. The zero-order chi connectivity index (χ0) is 37.8. The molecule has 0 unspecified atom stereocenters. The predicted molar refractivity (Wildman–Crippen MR) is 237 cm³/mol. The SMILES string of the molecule is CC1(C)c2ccccc2-c2ccc(-c3nc(-n4c5ccccc5c5ccc(-c6ccc7c8ccccc8n(-c8ccccn8)c7c6)cc54)cc4ccccc34)cc21. The van der Waals surface area contributed by atoms with E-state index in [2.05, 4.69) is 193 Å². The highest BCUT2D eigenvalue weighted by Crippen LogP contribution is 2.50. The Labute approximate surface area is 329 Å². The molecule has 57 heavy (non-hydrogen) atoms. The average Bonchev–Trinajstić information content (AvgIpc) is 3.86. The number of pyridine rings is 2. The number of para-hydroxylation sites is 2. The number of hydrogen-bond acceptors (Lipinski definition) is 2. The molecule has 0 saturated heterocycles. The summed E-state index contributed by atoms with van der Waals surface area (Å²) in [5.41, 5.74) is 14.2. The fourth-order valence-electron chi connectivity index (χ4n) is 9.65. The summed E-state index contributed by atoms with van der Waals surface area (Å²) in [5, 5.41) is 7.14. The highest BCUT2D eigenvalue weighted by Gasteiger charge is 2.35. The molecular formula is C53H36N4. The number of rotatable bonds is 4. The second kappa shape index (κ2) is 11.8. The Morgan fingerprint density at radius 3 is 1.67 bits per heavy atom. The minimum absolute atomic E-state index is 0.104. The lowest BCUT2D eigenvalue weighted by molar-refractivity contribution is 0.660. The van der Waals surface area contributed by atoms with E-state index in [0.717, 1.165) is 66.9 Å². The van der Waals surface area contributed by atoms with Gasteiger partial charge in [0, 0.05) is 44.1 Å². The van der Waals surface area contributed by atoms with Crippen molar-refractivity contribution in [2.45, 2.75) is 19.3 Å². The van der Waals surface area contributed by atoms with Gasteiger partial charge in [-0.15, -0.1) is 0 Å². The van der Waals surface area contributed by atoms with Crippen LogP contribution in [-0.4, -0.2) is 19.1 Å². The van der Waals surface area contributed by atoms with Crippen molar-refractivity contribution in [2.75, 3.05) is 0 Å². The number of hydrogen-bond donors (Lipinski definition) is 0. The van der Waals surface area contributed by atoms with Crippen molar-refractivity contribution >= 4 is 54.4 Å². The average molecular weight is 729 g/mol. The number of fused-ring (bicyclic) bond motifs is 10. The molecule has 4 nitrogen and oxygen atoms in total. The first-order chi connectivity index (χ1) is 28.0. The first kappa shape index (κ1) is 32.0. The molecule has 0 radical (unpaired) electrons. The third kappa shape index (κ3) is 4.62. The highest BCUT2D eigenvalue weighted by molar-refractivity contribution is 6.12. The normalized spacial score (nSPS) is 13.2. The van der Waals surface area contributed by atoms with Crippen LogP contribution in [0.25, 0.3) is 99.5 Å². The molecule has 268 valence electrons. The van der Waals surface area contributed by atoms with Gasteiger partial charge in [0.2, 0.25) is 0 Å². The van der Waals surface area contributed by atoms with Crippen LogP contribution < -0.4 is 0 Å². The van der Waals surface area contributed by atoms with Gasteiger partial charge in [-0.05, 0) is 87.3 Å². The lowest BCUT2D eigenvalue weighted by Gasteiger charge is -2.22. The van der Waals surface area contributed by atoms with Gasteiger partial charge in [-0.25, -0.2) is 9.97 Å². The molecule has 0 N–H and O–H groups in total. The molecule has 0 spiro atoms. The lowest BCUT2D eigenvalue weighted by Crippen LogP contribution is -2.15. The first-order valence-corrected chi connectivity index (χ1v) is 19.7. The molecule has 0 bridgehead atoms. The van der Waals surface area contributed by atoms with Crippen LogP contribution in [0.5, 0.6) is 0 Å². The van der Waals surface area contributed by atoms with Crippen molar-refractivity contribution in [3.63, 3.8) is 0 Å². The monoisotopic (exact) mass is 728 g/mol. The topological polar surface area (TPSA) is 35.6 Å². The molecule has 1 aliphatic carbocycles. The summed E-state index contributed by atoms with van der Waals surface area (Å²) >= 11 is 0. The van der Waals surface area contributed by atoms with Crippen molar-refractivity contribution in [3.8, 4) is 45.1 Å². The third-order valence-corrected chi connectivity index (χ3v) is 12.4. The summed E-state index contributed by atoms with van der Waals surface area (Å²) in [7, 11) is 0. The minimum Gasteiger partial charge on any atom is -0.294 e. The van der Waals surface area contributed by atoms with Gasteiger partial charge in [0.05, 0.1) is 27.8 Å². The largest absolute Gasteiger partial charge is 0.294 e. The van der Waals surface area contributed by atoms with Gasteiger partial charge >= 0.3 is 0 Å². The van der Waals surface area contributed by atoms with E-state index >= 15 is 0 Å². The summed E-state index contributed by atoms with van der Waals surface area (Å²) in [5.74, 6) is 1.81. The summed E-state index contributed by atoms with van der Waals surface area (Å²) in [6.07, 6.45) is 1.86. The molecule has 4 heteroatoms. The third-order valence-electron chi connectivity index (χ3n) is 12.4. The zero-order valence-electron chi connectivity index (χ0n) is 31.6. The van der Waals surface area contributed by atoms with E-state index in [4.69, 9.17) is 9.97 Å². The zero-order valence-corrected chi connectivity index (χ0v) is 31.6. The maximum absolute atomic E-state index is 5.60. The predicted octanol–water partition coefficient (Wildman–Crippen LogP) is 13.5. The van der Waals surface area contributed by atoms with Crippen LogP contribution in [0.15, 0.2) is 182 Å². The van der Waals surface area contributed by atoms with Gasteiger partial charge in [-0.3, -0.25) is 9.13 Å². The van der Waals surface area contributed by atoms with Crippen LogP contribution in [0.4, 0.5) is 0 Å². The number of benzene rings is 7. The van der Waals surface area contributed by atoms with E-state index in [1.54, 1.807) is 0 Å². The van der Waals surface area contributed by atoms with Crippen molar-refractivity contribution in [3.05, 3.63) is 193 Å². The van der Waals surface area contributed by atoms with E-state index in [1.807, 2.05) is 12.3 Å². The van der Waals surface area contributed by atoms with Gasteiger partial charge in [0.1, 0.15) is 11.6 Å². The van der Waals surface area contributed by atoms with Crippen molar-refractivity contribution in [2.24, 2.45) is 0 Å². The van der Waals surface area contributed by atoms with Crippen LogP contribution >= 0.6 is 0 Å². The van der Waals surface area contributed by atoms with Gasteiger partial charge in [-0.1, -0.05) is 141 Å². The molecule has 4 aromatic heterocycles. The number of aromatic nitrogens is 4. The fraction of sp³-hybridized carbons (Fsp3) is 0.0566. The summed E-state index contributed by atoms with van der Waals surface area (Å²) in [4.78, 5) is 10.4. The summed E-state index contributed by atoms with van der Waals surface area (Å²) < 4.78 is 4.64. The summed E-state index contributed by atoms with van der Waals surface area (Å²) in [6.45, 7) is 4.68. The second-order valence-electron chi connectivity index (χ2n) is 15.8. The molecule has 0 amide bonds. The van der Waals surface area contributed by atoms with Crippen LogP contribution in [0.1, 0.15) is 25.0 Å². The lowest BCUT2D eigenvalue weighted by atomic mass is 9.81. The fourth-order valence-corrected chi connectivity index (χ4v) is 9.65. The molecular weight excluding hydrogens is 693 g/mol. The Morgan fingerprint density at radius 2 is 0.965 bits per heavy atom. The van der Waals surface area contributed by atoms with E-state index in [1.165, 1.54) is 43.8 Å². The Balaban J connectivity index is 1.07. The number of nitrogens with zero attached hydrogens (tertiary/aromatic N) is 4. The van der Waals surface area contributed by atoms with E-state index in [-0.39, 0.29) is 5.41 Å². The summed E-state index contributed by atoms with van der Waals surface area (Å²) in [6, 6.07) is 63.8. The Bertz CT molecular complexity index is 3440. The van der Waals surface area contributed by atoms with Crippen molar-refractivity contribution in [1.82, 2.24) is 19.1 Å². The molecule has 12 rings (SSSR count). The smallest absolute Gasteiger partial charge is 0.138 e. The van der Waals surface area contributed by atoms with Crippen molar-refractivity contribution < 1.29 is 0 Å². The molecule has 0 atom stereocenters. The molecule has 0 aliphatic heterocycles. The van der Waals surface area contributed by atoms with E-state index in [0.29, 0.717) is 0 Å². The molecule has 0 fully saturated rings. The van der Waals surface area contributed by atoms with E-state index < -0.39 is 0 Å². The quantitative estimate of drug-likeness (QED) is 0.181. The molecule has 0 saturated carbocycles. The standard InChI is InChI=1S/C53H36N4/c1-53(2)44-18-8-5-15-38(44)39-25-24-36(29-45(39)53)52-37-14-4-3-13-35(37)32-51(55-52)57-47-20-10-7-17-41(47)43-27-23-34(31-49(43)57)33-22-26-42-40-16-6-9-19-46(40)56(48(42)30-33)50-21-11-12-28-54-50/h3-32H,1-2H3. The highest BCUT2D eigenvalue weighted by atomic mass is 15.1. The Morgan fingerprint density at radius 1 is 0.404 bits per heavy atom. The van der Waals surface area contributed by atoms with Crippen LogP contribution in [0, 0.1) is 0 Å².